The molecule has 28 heteroatoms. The van der Waals surface area contributed by atoms with E-state index in [1.165, 1.54) is 72.8 Å². The number of benzene rings is 4. The third kappa shape index (κ3) is 20.7. The molecule has 0 bridgehead atoms. The summed E-state index contributed by atoms with van der Waals surface area (Å²) in [6.07, 6.45) is 14.7. The van der Waals surface area contributed by atoms with Crippen LogP contribution in [0.2, 0.25) is 20.1 Å². The van der Waals surface area contributed by atoms with Gasteiger partial charge in [0.25, 0.3) is 0 Å². The van der Waals surface area contributed by atoms with E-state index in [9.17, 15) is 44.0 Å². The number of aryl methyl sites for hydroxylation is 2. The van der Waals surface area contributed by atoms with Crippen molar-refractivity contribution in [2.75, 3.05) is 48.4 Å². The Morgan fingerprint density at radius 1 is 0.478 bits per heavy atom. The Labute approximate surface area is 539 Å². The van der Waals surface area contributed by atoms with E-state index in [2.05, 4.69) is 18.9 Å². The number of esters is 2. The number of sulfonamides is 2. The highest BCUT2D eigenvalue weighted by Gasteiger charge is 2.31. The predicted molar refractivity (Wildman–Crippen MR) is 328 cm³/mol. The van der Waals surface area contributed by atoms with Crippen molar-refractivity contribution in [2.45, 2.75) is 89.6 Å². The first kappa shape index (κ1) is 67.7. The summed E-state index contributed by atoms with van der Waals surface area (Å²) in [5.74, 6) is 0.165. The smallest absolute Gasteiger partial charge is 0.387 e. The van der Waals surface area contributed by atoms with Gasteiger partial charge in [0.05, 0.1) is 61.4 Å². The van der Waals surface area contributed by atoms with Gasteiger partial charge in [-0.3, -0.25) is 9.44 Å². The van der Waals surface area contributed by atoms with E-state index in [4.69, 9.17) is 74.8 Å². The highest BCUT2D eigenvalue weighted by molar-refractivity contribution is 7.92. The maximum Gasteiger partial charge on any atom is 0.387 e. The summed E-state index contributed by atoms with van der Waals surface area (Å²) < 4.78 is 153. The van der Waals surface area contributed by atoms with Crippen LogP contribution in [0.1, 0.15) is 107 Å². The molecule has 10 rings (SSSR count). The highest BCUT2D eigenvalue weighted by atomic mass is 35.5. The second-order valence-electron chi connectivity index (χ2n) is 22.7. The van der Waals surface area contributed by atoms with E-state index in [0.717, 1.165) is 63.9 Å². The summed E-state index contributed by atoms with van der Waals surface area (Å²) in [7, 11) is -3.72. The molecule has 0 amide bonds. The van der Waals surface area contributed by atoms with Crippen LogP contribution < -0.4 is 47.0 Å². The molecule has 4 aliphatic carbocycles. The topological polar surface area (TPSA) is 208 Å². The maximum absolute atomic E-state index is 13.6. The van der Waals surface area contributed by atoms with Crippen molar-refractivity contribution in [1.82, 2.24) is 0 Å². The van der Waals surface area contributed by atoms with E-state index >= 15 is 0 Å². The molecule has 0 radical (unpaired) electrons. The summed E-state index contributed by atoms with van der Waals surface area (Å²) in [6, 6.07) is 17.2. The van der Waals surface area contributed by atoms with Crippen LogP contribution in [0.4, 0.5) is 28.9 Å². The Kier molecular flexibility index (Phi) is 22.3. The van der Waals surface area contributed by atoms with Crippen molar-refractivity contribution in [2.24, 2.45) is 37.8 Å². The van der Waals surface area contributed by atoms with Crippen molar-refractivity contribution in [3.05, 3.63) is 151 Å². The van der Waals surface area contributed by atoms with Gasteiger partial charge in [0.15, 0.2) is 47.8 Å². The Bertz CT molecular complexity index is 3530. The number of rotatable bonds is 30. The van der Waals surface area contributed by atoms with Gasteiger partial charge in [-0.2, -0.15) is 17.6 Å². The van der Waals surface area contributed by atoms with E-state index in [0.29, 0.717) is 92.4 Å². The molecule has 0 aliphatic heterocycles. The lowest BCUT2D eigenvalue weighted by atomic mass is 10.0. The summed E-state index contributed by atoms with van der Waals surface area (Å²) in [6.45, 7) is -4.72. The molecule has 4 fully saturated rings. The normalized spacial score (nSPS) is 15.4. The van der Waals surface area contributed by atoms with Crippen LogP contribution in [0.15, 0.2) is 97.6 Å². The monoisotopic (exact) mass is 1370 g/mol. The van der Waals surface area contributed by atoms with Crippen LogP contribution in [0, 0.1) is 23.7 Å². The van der Waals surface area contributed by atoms with Crippen molar-refractivity contribution in [3.63, 3.8) is 0 Å². The first-order valence-electron chi connectivity index (χ1n) is 28.7. The van der Waals surface area contributed by atoms with Gasteiger partial charge >= 0.3 is 25.2 Å². The average molecular weight is 1370 g/mol. The molecule has 4 aromatic carbocycles. The van der Waals surface area contributed by atoms with Crippen LogP contribution in [-0.2, 0) is 56.5 Å². The number of hydrogen-bond acceptors (Lipinski definition) is 14. The number of nitrogens with zero attached hydrogens (tertiary/aromatic N) is 2. The largest absolute Gasteiger partial charge is 0.491 e. The fourth-order valence-electron chi connectivity index (χ4n) is 9.08. The van der Waals surface area contributed by atoms with Crippen LogP contribution in [0.5, 0.6) is 34.5 Å². The standard InChI is InChI=1S/2C31H32Cl2F2N2O7S/c2*1-37-14-23(32)22(24(33)15-37)13-27(20-8-10-26(44-31(34)35)29(11-20)42-17-19-5-6-19)43-30(38)21-7-9-25(36-45(2,39)40)28(12-21)41-16-18-3-4-18/h2*7-12,14-15,18-19,27,31H,3-6,13,16-17H2,1-2H3/p+2/t2*27-/m00/s1. The molecule has 4 saturated carbocycles. The number of halogens is 8. The average Bonchev–Trinajstić information content (AvgIpc) is 1.27. The summed E-state index contributed by atoms with van der Waals surface area (Å²) >= 11 is 26.1. The third-order valence-electron chi connectivity index (χ3n) is 14.5. The molecule has 2 atom stereocenters. The fourth-order valence-corrected chi connectivity index (χ4v) is 11.6. The predicted octanol–water partition coefficient (Wildman–Crippen LogP) is 13.0. The van der Waals surface area contributed by atoms with Gasteiger partial charge in [-0.25, -0.2) is 35.6 Å². The quantitative estimate of drug-likeness (QED) is 0.0244. The van der Waals surface area contributed by atoms with Crippen molar-refractivity contribution in [1.29, 1.82) is 0 Å². The molecule has 90 heavy (non-hydrogen) atoms. The first-order chi connectivity index (χ1) is 42.7. The Morgan fingerprint density at radius 2 is 0.789 bits per heavy atom. The zero-order chi connectivity index (χ0) is 64.6. The Morgan fingerprint density at radius 3 is 1.08 bits per heavy atom. The second-order valence-corrected chi connectivity index (χ2v) is 27.9. The van der Waals surface area contributed by atoms with Gasteiger partial charge in [-0.15, -0.1) is 0 Å². The second kappa shape index (κ2) is 29.7. The molecule has 0 saturated heterocycles. The molecule has 4 aliphatic rings. The molecular weight excluding hydrogens is 1310 g/mol. The van der Waals surface area contributed by atoms with E-state index < -0.39 is 57.4 Å². The van der Waals surface area contributed by atoms with Gasteiger partial charge in [0, 0.05) is 24.0 Å². The van der Waals surface area contributed by atoms with Crippen molar-refractivity contribution in [3.8, 4) is 34.5 Å². The number of alkyl halides is 4. The zero-order valence-electron chi connectivity index (χ0n) is 49.2. The number of aromatic nitrogens is 2. The Hall–Kier alpha value is -6.70. The Balaban J connectivity index is 0.000000213. The lowest BCUT2D eigenvalue weighted by molar-refractivity contribution is -0.671. The van der Waals surface area contributed by atoms with E-state index in [-0.39, 0.29) is 69.8 Å². The van der Waals surface area contributed by atoms with Crippen LogP contribution in [0.3, 0.4) is 0 Å². The molecule has 2 heterocycles. The SMILES string of the molecule is C[n+]1cc(Cl)c(C[C@H](OC(=O)c2ccc(NS(C)(=O)=O)c(OCC3CC3)c2)c2ccc(OC(F)F)c(OCC3CC3)c2)c(Cl)c1.C[n+]1cc(Cl)c(C[C@H](OC(=O)c2ccc(NS(C)(=O)=O)c(OCC3CC3)c2)c2ccc(OC(F)F)c(OCC3CC3)c2)c(Cl)c1. The van der Waals surface area contributed by atoms with Gasteiger partial charge < -0.3 is 37.9 Å². The summed E-state index contributed by atoms with van der Waals surface area (Å²) in [5.41, 5.74) is 2.44. The van der Waals surface area contributed by atoms with Crippen molar-refractivity contribution < 1.29 is 91.0 Å². The third-order valence-corrected chi connectivity index (χ3v) is 17.0. The zero-order valence-corrected chi connectivity index (χ0v) is 53.9. The van der Waals surface area contributed by atoms with Gasteiger partial charge in [0.1, 0.15) is 57.9 Å². The number of anilines is 2. The molecular formula is C62H66Cl4F4N4O14S2+2. The number of nitrogens with one attached hydrogen (secondary N) is 2. The van der Waals surface area contributed by atoms with Gasteiger partial charge in [-0.1, -0.05) is 58.5 Å². The minimum Gasteiger partial charge on any atom is -0.491 e. The minimum absolute atomic E-state index is 0.0418. The minimum atomic E-state index is -3.62. The summed E-state index contributed by atoms with van der Waals surface area (Å²) in [5, 5.41) is 1.34. The molecule has 484 valence electrons. The highest BCUT2D eigenvalue weighted by Crippen LogP contribution is 2.42. The molecule has 0 unspecified atom stereocenters. The number of pyridine rings is 2. The van der Waals surface area contributed by atoms with E-state index in [1.807, 2.05) is 0 Å². The van der Waals surface area contributed by atoms with Crippen LogP contribution >= 0.6 is 46.4 Å². The lowest BCUT2D eigenvalue weighted by Crippen LogP contribution is -2.27. The lowest BCUT2D eigenvalue weighted by Gasteiger charge is -2.22. The summed E-state index contributed by atoms with van der Waals surface area (Å²) in [4.78, 5) is 27.2. The van der Waals surface area contributed by atoms with Crippen LogP contribution in [0.25, 0.3) is 0 Å². The molecule has 2 N–H and O–H groups in total. The molecule has 18 nitrogen and oxygen atoms in total. The number of carbonyl (C=O) groups excluding carboxylic acids is 2. The maximum atomic E-state index is 13.6. The van der Waals surface area contributed by atoms with E-state index in [1.54, 1.807) is 48.0 Å². The molecule has 0 spiro atoms. The number of ether oxygens (including phenoxy) is 8. The van der Waals surface area contributed by atoms with Gasteiger partial charge in [0.2, 0.25) is 20.0 Å². The molecule has 2 aromatic heterocycles. The number of hydrogen-bond donors (Lipinski definition) is 2. The van der Waals surface area contributed by atoms with Crippen molar-refractivity contribution >= 4 is 89.8 Å². The first-order valence-corrected chi connectivity index (χ1v) is 34.0. The fraction of sp³-hybridized carbons (Fsp3) is 0.419. The number of carbonyl (C=O) groups is 2. The van der Waals surface area contributed by atoms with Gasteiger partial charge in [-0.05, 0) is 147 Å². The van der Waals surface area contributed by atoms with Crippen LogP contribution in [-0.4, -0.2) is 80.9 Å². The molecule has 6 aromatic rings.